The third kappa shape index (κ3) is 4.64. The number of ether oxygens (including phenoxy) is 1. The van der Waals surface area contributed by atoms with Crippen LogP contribution in [0.2, 0.25) is 5.02 Å². The average molecular weight is 372 g/mol. The molecule has 0 aliphatic carbocycles. The zero-order valence-electron chi connectivity index (χ0n) is 14.0. The van der Waals surface area contributed by atoms with E-state index in [-0.39, 0.29) is 11.8 Å². The molecule has 1 aliphatic heterocycles. The highest BCUT2D eigenvalue weighted by Crippen LogP contribution is 2.27. The van der Waals surface area contributed by atoms with Crippen LogP contribution >= 0.6 is 11.6 Å². The molecule has 1 heterocycles. The molecule has 1 saturated heterocycles. The summed E-state index contributed by atoms with van der Waals surface area (Å²) in [5.41, 5.74) is 1.63. The Labute approximate surface area is 156 Å². The van der Waals surface area contributed by atoms with Crippen molar-refractivity contribution in [1.29, 1.82) is 0 Å². The Morgan fingerprint density at radius 1 is 1.19 bits per heavy atom. The topological polar surface area (TPSA) is 66.8 Å². The second-order valence-corrected chi connectivity index (χ2v) is 6.54. The van der Waals surface area contributed by atoms with Gasteiger partial charge in [0.1, 0.15) is 5.75 Å². The summed E-state index contributed by atoms with van der Waals surface area (Å²) >= 11 is 5.89. The summed E-state index contributed by atoms with van der Waals surface area (Å²) in [4.78, 5) is 24.5. The molecule has 5 nitrogen and oxygen atoms in total. The van der Waals surface area contributed by atoms with Crippen LogP contribution < -0.4 is 9.64 Å². The van der Waals surface area contributed by atoms with Crippen molar-refractivity contribution in [1.82, 2.24) is 0 Å². The van der Waals surface area contributed by atoms with Crippen molar-refractivity contribution in [2.75, 3.05) is 18.1 Å². The Balaban J connectivity index is 1.54. The van der Waals surface area contributed by atoms with E-state index in [1.807, 2.05) is 12.1 Å². The van der Waals surface area contributed by atoms with Crippen LogP contribution in [-0.2, 0) is 9.59 Å². The molecule has 1 unspecified atom stereocenters. The van der Waals surface area contributed by atoms with E-state index in [0.717, 1.165) is 17.3 Å². The van der Waals surface area contributed by atoms with Crippen molar-refractivity contribution in [3.05, 3.63) is 65.2 Å². The number of carboxylic acids is 1. The fourth-order valence-corrected chi connectivity index (χ4v) is 2.95. The molecule has 26 heavy (non-hydrogen) atoms. The zero-order valence-corrected chi connectivity index (χ0v) is 14.7. The normalized spacial score (nSPS) is 17.0. The van der Waals surface area contributed by atoms with Gasteiger partial charge in [-0.1, -0.05) is 23.7 Å². The second kappa shape index (κ2) is 8.06. The minimum Gasteiger partial charge on any atom is -0.493 e. The zero-order chi connectivity index (χ0) is 18.5. The van der Waals surface area contributed by atoms with E-state index in [1.165, 1.54) is 6.08 Å². The highest BCUT2D eigenvalue weighted by atomic mass is 35.5. The quantitative estimate of drug-likeness (QED) is 0.783. The van der Waals surface area contributed by atoms with E-state index in [1.54, 1.807) is 41.3 Å². The number of halogens is 1. The molecular weight excluding hydrogens is 354 g/mol. The highest BCUT2D eigenvalue weighted by Gasteiger charge is 2.31. The fraction of sp³-hybridized carbons (Fsp3) is 0.200. The first-order valence-electron chi connectivity index (χ1n) is 8.21. The van der Waals surface area contributed by atoms with Gasteiger partial charge in [0.05, 0.1) is 6.61 Å². The van der Waals surface area contributed by atoms with Crippen LogP contribution in [0.5, 0.6) is 5.75 Å². The van der Waals surface area contributed by atoms with Crippen LogP contribution in [0.4, 0.5) is 5.69 Å². The predicted octanol–water partition coefficient (Wildman–Crippen LogP) is 3.87. The Morgan fingerprint density at radius 3 is 2.54 bits per heavy atom. The number of carbonyl (C=O) groups is 2. The first-order valence-corrected chi connectivity index (χ1v) is 8.59. The summed E-state index contributed by atoms with van der Waals surface area (Å²) in [6, 6.07) is 14.4. The lowest BCUT2D eigenvalue weighted by atomic mass is 10.1. The Hall–Kier alpha value is -2.79. The van der Waals surface area contributed by atoms with Gasteiger partial charge >= 0.3 is 5.97 Å². The number of aliphatic carboxylic acids is 1. The smallest absolute Gasteiger partial charge is 0.328 e. The van der Waals surface area contributed by atoms with E-state index in [9.17, 15) is 9.59 Å². The fourth-order valence-electron chi connectivity index (χ4n) is 2.82. The first-order chi connectivity index (χ1) is 12.5. The summed E-state index contributed by atoms with van der Waals surface area (Å²) in [7, 11) is 0. The van der Waals surface area contributed by atoms with Crippen molar-refractivity contribution < 1.29 is 19.4 Å². The number of rotatable bonds is 6. The molecule has 2 aromatic carbocycles. The number of anilines is 1. The molecule has 1 fully saturated rings. The Bertz CT molecular complexity index is 815. The van der Waals surface area contributed by atoms with E-state index in [0.29, 0.717) is 30.3 Å². The standard InChI is InChI=1S/C20H18ClNO4/c21-16-4-6-17(7-5-16)22-12-15(11-19(22)23)13-26-18-8-1-14(2-9-18)3-10-20(24)25/h1-10,15H,11-13H2,(H,24,25). The summed E-state index contributed by atoms with van der Waals surface area (Å²) in [6.45, 7) is 1.06. The van der Waals surface area contributed by atoms with E-state index in [4.69, 9.17) is 21.4 Å². The van der Waals surface area contributed by atoms with Crippen molar-refractivity contribution in [2.45, 2.75) is 6.42 Å². The molecular formula is C20H18ClNO4. The number of nitrogens with zero attached hydrogens (tertiary/aromatic N) is 1. The van der Waals surface area contributed by atoms with Gasteiger partial charge < -0.3 is 14.7 Å². The SMILES string of the molecule is O=C(O)C=Cc1ccc(OCC2CC(=O)N(c3ccc(Cl)cc3)C2)cc1. The molecule has 1 amide bonds. The van der Waals surface area contributed by atoms with Crippen molar-refractivity contribution in [2.24, 2.45) is 5.92 Å². The third-order valence-corrected chi connectivity index (χ3v) is 4.38. The van der Waals surface area contributed by atoms with E-state index < -0.39 is 5.97 Å². The molecule has 0 spiro atoms. The van der Waals surface area contributed by atoms with Gasteiger partial charge in [-0.3, -0.25) is 4.79 Å². The minimum atomic E-state index is -0.985. The van der Waals surface area contributed by atoms with E-state index >= 15 is 0 Å². The van der Waals surface area contributed by atoms with Crippen LogP contribution in [0.15, 0.2) is 54.6 Å². The Morgan fingerprint density at radius 2 is 1.88 bits per heavy atom. The molecule has 1 atom stereocenters. The number of benzene rings is 2. The molecule has 0 aromatic heterocycles. The predicted molar refractivity (Wildman–Crippen MR) is 101 cm³/mol. The van der Waals surface area contributed by atoms with Crippen molar-refractivity contribution in [3.8, 4) is 5.75 Å². The van der Waals surface area contributed by atoms with Crippen LogP contribution in [-0.4, -0.2) is 30.1 Å². The lowest BCUT2D eigenvalue weighted by Crippen LogP contribution is -2.25. The maximum Gasteiger partial charge on any atom is 0.328 e. The maximum absolute atomic E-state index is 12.2. The van der Waals surface area contributed by atoms with Gasteiger partial charge in [-0.2, -0.15) is 0 Å². The van der Waals surface area contributed by atoms with Gasteiger partial charge in [-0.05, 0) is 48.0 Å². The average Bonchev–Trinajstić information content (AvgIpc) is 3.00. The third-order valence-electron chi connectivity index (χ3n) is 4.13. The molecule has 1 N–H and O–H groups in total. The van der Waals surface area contributed by atoms with Gasteiger partial charge in [0.15, 0.2) is 0 Å². The Kier molecular flexibility index (Phi) is 5.58. The van der Waals surface area contributed by atoms with Gasteiger partial charge in [0.25, 0.3) is 0 Å². The lowest BCUT2D eigenvalue weighted by Gasteiger charge is -2.17. The molecule has 1 aliphatic rings. The van der Waals surface area contributed by atoms with Crippen molar-refractivity contribution in [3.63, 3.8) is 0 Å². The molecule has 0 saturated carbocycles. The van der Waals surface area contributed by atoms with Gasteiger partial charge in [0.2, 0.25) is 5.91 Å². The van der Waals surface area contributed by atoms with Gasteiger partial charge in [0, 0.05) is 35.7 Å². The largest absolute Gasteiger partial charge is 0.493 e. The summed E-state index contributed by atoms with van der Waals surface area (Å²) in [5.74, 6) is -0.101. The monoisotopic (exact) mass is 371 g/mol. The number of hydrogen-bond acceptors (Lipinski definition) is 3. The van der Waals surface area contributed by atoms with Gasteiger partial charge in [-0.15, -0.1) is 0 Å². The molecule has 0 bridgehead atoms. The molecule has 134 valence electrons. The van der Waals surface area contributed by atoms with Crippen LogP contribution in [0.3, 0.4) is 0 Å². The minimum absolute atomic E-state index is 0.0788. The number of carbonyl (C=O) groups excluding carboxylic acids is 1. The maximum atomic E-state index is 12.2. The first kappa shape index (κ1) is 18.0. The van der Waals surface area contributed by atoms with Gasteiger partial charge in [-0.25, -0.2) is 4.79 Å². The molecule has 2 aromatic rings. The molecule has 0 radical (unpaired) electrons. The van der Waals surface area contributed by atoms with Crippen LogP contribution in [0.25, 0.3) is 6.08 Å². The van der Waals surface area contributed by atoms with Crippen molar-refractivity contribution >= 4 is 35.2 Å². The molecule has 6 heteroatoms. The second-order valence-electron chi connectivity index (χ2n) is 6.10. The lowest BCUT2D eigenvalue weighted by molar-refractivity contribution is -0.131. The van der Waals surface area contributed by atoms with E-state index in [2.05, 4.69) is 0 Å². The number of amides is 1. The van der Waals surface area contributed by atoms with Crippen LogP contribution in [0.1, 0.15) is 12.0 Å². The number of carboxylic acid groups (broad SMARTS) is 1. The summed E-state index contributed by atoms with van der Waals surface area (Å²) in [5, 5.41) is 9.26. The van der Waals surface area contributed by atoms with Crippen LogP contribution in [0, 0.1) is 5.92 Å². The highest BCUT2D eigenvalue weighted by molar-refractivity contribution is 6.30. The number of hydrogen-bond donors (Lipinski definition) is 1. The summed E-state index contributed by atoms with van der Waals surface area (Å²) in [6.07, 6.45) is 3.05. The molecule has 3 rings (SSSR count). The summed E-state index contributed by atoms with van der Waals surface area (Å²) < 4.78 is 5.78.